The van der Waals surface area contributed by atoms with E-state index in [1.165, 1.54) is 11.1 Å². The maximum absolute atomic E-state index is 12.4. The lowest BCUT2D eigenvalue weighted by Gasteiger charge is -2.22. The van der Waals surface area contributed by atoms with Crippen LogP contribution in [0, 0.1) is 0 Å². The highest BCUT2D eigenvalue weighted by molar-refractivity contribution is 7.10. The number of nitrogens with one attached hydrogen (secondary N) is 1. The summed E-state index contributed by atoms with van der Waals surface area (Å²) in [7, 11) is 0. The number of ketones is 1. The minimum absolute atomic E-state index is 0.0419. The normalized spacial score (nSPS) is 16.2. The van der Waals surface area contributed by atoms with Crippen LogP contribution in [0.3, 0.4) is 0 Å². The van der Waals surface area contributed by atoms with Crippen LogP contribution >= 0.6 is 22.9 Å². The number of aromatic nitrogens is 2. The number of carbonyl (C=O) groups excluding carboxylic acids is 2. The van der Waals surface area contributed by atoms with Crippen LogP contribution in [0.1, 0.15) is 43.6 Å². The molecule has 1 aromatic carbocycles. The average molecular weight is 384 g/mol. The van der Waals surface area contributed by atoms with Crippen LogP contribution in [0.4, 0.5) is 5.95 Å². The Morgan fingerprint density at radius 3 is 2.73 bits per heavy atom. The fourth-order valence-electron chi connectivity index (χ4n) is 3.00. The number of Topliss-reactive ketones (excluding diaryl/α,β-unsaturated/α-hetero) is 1. The van der Waals surface area contributed by atoms with Gasteiger partial charge in [-0.25, -0.2) is 9.97 Å². The molecule has 0 bridgehead atoms. The molecule has 0 radical (unpaired) electrons. The van der Waals surface area contributed by atoms with Crippen molar-refractivity contribution in [2.75, 3.05) is 5.32 Å². The smallest absolute Gasteiger partial charge is 0.258 e. The molecule has 4 rings (SSSR count). The van der Waals surface area contributed by atoms with Gasteiger partial charge in [0.15, 0.2) is 5.78 Å². The van der Waals surface area contributed by atoms with Gasteiger partial charge in [-0.2, -0.15) is 0 Å². The molecule has 0 spiro atoms. The molecule has 1 unspecified atom stereocenters. The number of halogens is 1. The Bertz CT molecular complexity index is 971. The maximum atomic E-state index is 12.4. The summed E-state index contributed by atoms with van der Waals surface area (Å²) in [5, 5.41) is 5.25. The Morgan fingerprint density at radius 2 is 2.00 bits per heavy atom. The van der Waals surface area contributed by atoms with E-state index < -0.39 is 0 Å². The number of nitrogens with zero attached hydrogens (tertiary/aromatic N) is 2. The first-order chi connectivity index (χ1) is 12.6. The Kier molecular flexibility index (Phi) is 4.53. The number of carbonyl (C=O) groups is 2. The van der Waals surface area contributed by atoms with Gasteiger partial charge >= 0.3 is 0 Å². The molecule has 1 atom stereocenters. The lowest BCUT2D eigenvalue weighted by atomic mass is 9.86. The van der Waals surface area contributed by atoms with Crippen molar-refractivity contribution in [3.8, 4) is 0 Å². The van der Waals surface area contributed by atoms with Crippen molar-refractivity contribution in [2.45, 2.75) is 18.8 Å². The molecule has 26 heavy (non-hydrogen) atoms. The van der Waals surface area contributed by atoms with Gasteiger partial charge in [-0.05, 0) is 42.1 Å². The predicted molar refractivity (Wildman–Crippen MR) is 101 cm³/mol. The second-order valence-electron chi connectivity index (χ2n) is 6.06. The molecule has 0 aliphatic heterocycles. The van der Waals surface area contributed by atoms with E-state index in [0.29, 0.717) is 34.7 Å². The van der Waals surface area contributed by atoms with E-state index in [1.54, 1.807) is 35.6 Å². The molecule has 2 aromatic heterocycles. The number of hydrogen-bond acceptors (Lipinski definition) is 5. The van der Waals surface area contributed by atoms with Gasteiger partial charge in [0.1, 0.15) is 0 Å². The van der Waals surface area contributed by atoms with Gasteiger partial charge in [0.2, 0.25) is 5.95 Å². The molecule has 2 heterocycles. The Morgan fingerprint density at radius 1 is 1.19 bits per heavy atom. The Balaban J connectivity index is 1.56. The standard InChI is InChI=1S/C19H14ClN3O2S/c20-13-5-3-11(4-6-13)18(25)23-19-21-10-14-15(22-19)8-12(9-16(14)24)17-2-1-7-26-17/h1-7,10,12H,8-9H2,(H,21,22,23,25). The van der Waals surface area contributed by atoms with Crippen molar-refractivity contribution in [3.63, 3.8) is 0 Å². The number of anilines is 1. The Labute approximate surface area is 159 Å². The topological polar surface area (TPSA) is 72.0 Å². The van der Waals surface area contributed by atoms with Crippen LogP contribution in [0.15, 0.2) is 48.0 Å². The zero-order valence-electron chi connectivity index (χ0n) is 13.6. The van der Waals surface area contributed by atoms with Crippen molar-refractivity contribution < 1.29 is 9.59 Å². The average Bonchev–Trinajstić information content (AvgIpc) is 3.16. The second-order valence-corrected chi connectivity index (χ2v) is 7.47. The second kappa shape index (κ2) is 6.97. The maximum Gasteiger partial charge on any atom is 0.258 e. The number of benzene rings is 1. The molecule has 1 aliphatic carbocycles. The van der Waals surface area contributed by atoms with Crippen molar-refractivity contribution in [3.05, 3.63) is 74.7 Å². The molecular formula is C19H14ClN3O2S. The fraction of sp³-hybridized carbons (Fsp3) is 0.158. The van der Waals surface area contributed by atoms with Crippen molar-refractivity contribution in [2.24, 2.45) is 0 Å². The largest absolute Gasteiger partial charge is 0.294 e. The summed E-state index contributed by atoms with van der Waals surface area (Å²) < 4.78 is 0. The quantitative estimate of drug-likeness (QED) is 0.729. The number of amides is 1. The van der Waals surface area contributed by atoms with Gasteiger partial charge in [-0.1, -0.05) is 17.7 Å². The summed E-state index contributed by atoms with van der Waals surface area (Å²) in [6.45, 7) is 0. The van der Waals surface area contributed by atoms with Crippen LogP contribution in [-0.4, -0.2) is 21.7 Å². The third-order valence-corrected chi connectivity index (χ3v) is 5.60. The highest BCUT2D eigenvalue weighted by atomic mass is 35.5. The molecule has 3 aromatic rings. The molecule has 0 fully saturated rings. The van der Waals surface area contributed by atoms with Crippen LogP contribution in [-0.2, 0) is 6.42 Å². The first kappa shape index (κ1) is 16.9. The van der Waals surface area contributed by atoms with Crippen LogP contribution in [0.25, 0.3) is 0 Å². The highest BCUT2D eigenvalue weighted by Crippen LogP contribution is 2.34. The van der Waals surface area contributed by atoms with Gasteiger partial charge in [-0.3, -0.25) is 14.9 Å². The number of thiophene rings is 1. The first-order valence-corrected chi connectivity index (χ1v) is 9.35. The molecule has 5 nitrogen and oxygen atoms in total. The molecular weight excluding hydrogens is 370 g/mol. The van der Waals surface area contributed by atoms with Gasteiger partial charge in [0.25, 0.3) is 5.91 Å². The minimum Gasteiger partial charge on any atom is -0.294 e. The summed E-state index contributed by atoms with van der Waals surface area (Å²) in [5.74, 6) is 0.0480. The van der Waals surface area contributed by atoms with Gasteiger partial charge in [0, 0.05) is 34.0 Å². The van der Waals surface area contributed by atoms with E-state index in [-0.39, 0.29) is 23.6 Å². The highest BCUT2D eigenvalue weighted by Gasteiger charge is 2.28. The molecule has 1 N–H and O–H groups in total. The van der Waals surface area contributed by atoms with Crippen LogP contribution in [0.2, 0.25) is 5.02 Å². The summed E-state index contributed by atoms with van der Waals surface area (Å²) in [6, 6.07) is 10.6. The third kappa shape index (κ3) is 3.38. The van der Waals surface area contributed by atoms with E-state index >= 15 is 0 Å². The van der Waals surface area contributed by atoms with Gasteiger partial charge in [0.05, 0.1) is 11.3 Å². The molecule has 1 aliphatic rings. The fourth-order valence-corrected chi connectivity index (χ4v) is 3.96. The lowest BCUT2D eigenvalue weighted by Crippen LogP contribution is -2.22. The number of hydrogen-bond donors (Lipinski definition) is 1. The van der Waals surface area contributed by atoms with Gasteiger partial charge < -0.3 is 0 Å². The molecule has 0 saturated carbocycles. The van der Waals surface area contributed by atoms with Crippen molar-refractivity contribution in [1.29, 1.82) is 0 Å². The van der Waals surface area contributed by atoms with Crippen molar-refractivity contribution in [1.82, 2.24) is 9.97 Å². The molecule has 0 saturated heterocycles. The van der Waals surface area contributed by atoms with E-state index in [1.807, 2.05) is 17.5 Å². The summed E-state index contributed by atoms with van der Waals surface area (Å²) in [4.78, 5) is 34.4. The first-order valence-electron chi connectivity index (χ1n) is 8.09. The third-order valence-electron chi connectivity index (χ3n) is 4.32. The monoisotopic (exact) mass is 383 g/mol. The summed E-state index contributed by atoms with van der Waals surface area (Å²) in [5.41, 5.74) is 1.69. The molecule has 130 valence electrons. The van der Waals surface area contributed by atoms with E-state index in [9.17, 15) is 9.59 Å². The van der Waals surface area contributed by atoms with Crippen LogP contribution in [0.5, 0.6) is 0 Å². The zero-order chi connectivity index (χ0) is 18.1. The number of rotatable bonds is 3. The summed E-state index contributed by atoms with van der Waals surface area (Å²) >= 11 is 7.48. The summed E-state index contributed by atoms with van der Waals surface area (Å²) in [6.07, 6.45) is 2.63. The van der Waals surface area contributed by atoms with Gasteiger partial charge in [-0.15, -0.1) is 11.3 Å². The van der Waals surface area contributed by atoms with Crippen LogP contribution < -0.4 is 5.32 Å². The van der Waals surface area contributed by atoms with E-state index in [0.717, 1.165) is 0 Å². The lowest BCUT2D eigenvalue weighted by molar-refractivity contribution is 0.0963. The zero-order valence-corrected chi connectivity index (χ0v) is 15.2. The van der Waals surface area contributed by atoms with Crippen molar-refractivity contribution >= 4 is 40.6 Å². The SMILES string of the molecule is O=C(Nc1ncc2c(n1)CC(c1cccs1)CC2=O)c1ccc(Cl)cc1. The predicted octanol–water partition coefficient (Wildman–Crippen LogP) is 4.36. The van der Waals surface area contributed by atoms with E-state index in [2.05, 4.69) is 15.3 Å². The minimum atomic E-state index is -0.321. The van der Waals surface area contributed by atoms with E-state index in [4.69, 9.17) is 11.6 Å². The molecule has 7 heteroatoms. The number of fused-ring (bicyclic) bond motifs is 1. The molecule has 1 amide bonds. The Hall–Kier alpha value is -2.57.